The Balaban J connectivity index is -0.0000000149. The van der Waals surface area contributed by atoms with Crippen molar-refractivity contribution in [1.82, 2.24) is 0 Å². The molecule has 0 aliphatic rings. The molecule has 0 atom stereocenters. The first-order chi connectivity index (χ1) is 9.25. The van der Waals surface area contributed by atoms with Crippen LogP contribution >= 0.6 is 0 Å². The fraction of sp³-hybridized carbons (Fsp3) is 0.250. The summed E-state index contributed by atoms with van der Waals surface area (Å²) < 4.78 is 89.8. The second-order valence-electron chi connectivity index (χ2n) is 1.03. The maximum absolute atomic E-state index is 11.2. The Morgan fingerprint density at radius 3 is 0.500 bits per heavy atom. The van der Waals surface area contributed by atoms with E-state index in [0.29, 0.717) is 0 Å². The van der Waals surface area contributed by atoms with Gasteiger partial charge in [-0.1, -0.05) is 0 Å². The first-order valence-electron chi connectivity index (χ1n) is 2.64. The monoisotopic (exact) mass is 444 g/mol. The summed E-state index contributed by atoms with van der Waals surface area (Å²) >= 11 is 6.07. The minimum atomic E-state index is -4.50. The second kappa shape index (κ2) is 58.4. The summed E-state index contributed by atoms with van der Waals surface area (Å²) in [5.41, 5.74) is 0. The van der Waals surface area contributed by atoms with Gasteiger partial charge in [-0.3, -0.25) is 0 Å². The average Bonchev–Trinajstić information content (AvgIpc) is 2.49. The fourth-order valence-corrected chi connectivity index (χ4v) is 0. The third-order valence-electron chi connectivity index (χ3n) is 0.339. The second-order valence-corrected chi connectivity index (χ2v) is 2.06. The predicted octanol–water partition coefficient (Wildman–Crippen LogP) is 1.04. The molecule has 0 saturated carbocycles. The van der Waals surface area contributed by atoms with E-state index in [2.05, 4.69) is 65.2 Å². The third kappa shape index (κ3) is 89.7. The molecule has 6 nitrogen and oxygen atoms in total. The Morgan fingerprint density at radius 2 is 0.500 bits per heavy atom. The first kappa shape index (κ1) is 57.5. The molecule has 0 radical (unpaired) electrons. The van der Waals surface area contributed by atoms with Crippen LogP contribution in [0.5, 0.6) is 0 Å². The van der Waals surface area contributed by atoms with Crippen LogP contribution in [-0.4, -0.2) is 10.5 Å². The van der Waals surface area contributed by atoms with Crippen molar-refractivity contribution in [1.29, 1.82) is 0 Å². The van der Waals surface area contributed by atoms with Gasteiger partial charge < -0.3 is 25.3 Å². The van der Waals surface area contributed by atoms with Crippen molar-refractivity contribution in [3.8, 4) is 0 Å². The molecule has 0 fully saturated rings. The molecule has 0 aromatic heterocycles. The molecule has 0 aromatic rings. The van der Waals surface area contributed by atoms with Crippen LogP contribution in [0.25, 0.3) is 0 Å². The van der Waals surface area contributed by atoms with Gasteiger partial charge in [0.1, 0.15) is 0 Å². The maximum Gasteiger partial charge on any atom is 0 e. The summed E-state index contributed by atoms with van der Waals surface area (Å²) in [5, 5.41) is -9.00. The Hall–Kier alpha value is -0.101. The molecule has 22 heavy (non-hydrogen) atoms. The SMILES string of the molecule is FC(F)([S-])C(F)(F)[S-].[C-]#[O+].[C-]#[O+].[C-]#[O+].[C-]#[O+].[C-]#[O+].[C-]#[O+].[Fe].[Fe]. The van der Waals surface area contributed by atoms with Crippen LogP contribution < -0.4 is 0 Å². The predicted molar refractivity (Wildman–Crippen MR) is 48.2 cm³/mol. The van der Waals surface area contributed by atoms with Gasteiger partial charge in [-0.15, -0.1) is 0 Å². The van der Waals surface area contributed by atoms with Crippen molar-refractivity contribution in [2.24, 2.45) is 0 Å². The number of hydrogen-bond donors (Lipinski definition) is 0. The Kier molecular flexibility index (Phi) is 153. The Morgan fingerprint density at radius 1 is 0.455 bits per heavy atom. The number of halogens is 4. The van der Waals surface area contributed by atoms with Crippen LogP contribution in [0.2, 0.25) is 0 Å². The minimum Gasteiger partial charge on any atom is 0 e. The largest absolute Gasteiger partial charge is 0 e. The van der Waals surface area contributed by atoms with E-state index >= 15 is 0 Å². The smallest absolute Gasteiger partial charge is 0 e. The van der Waals surface area contributed by atoms with E-state index in [9.17, 15) is 17.6 Å². The van der Waals surface area contributed by atoms with Gasteiger partial charge in [0.15, 0.2) is 10.5 Å². The van der Waals surface area contributed by atoms with E-state index in [1.54, 1.807) is 0 Å². The summed E-state index contributed by atoms with van der Waals surface area (Å²) in [6, 6.07) is 0. The Labute approximate surface area is 155 Å². The standard InChI is InChI=1S/C2H2F4S2.6CO.2Fe/c3-1(4,7)2(5,6)8;6*1-2;;/h7-8H;;;;;;;;/p-2. The van der Waals surface area contributed by atoms with Crippen molar-refractivity contribution in [2.45, 2.75) is 10.5 Å². The molecule has 0 aliphatic carbocycles. The van der Waals surface area contributed by atoms with Crippen molar-refractivity contribution in [3.63, 3.8) is 0 Å². The van der Waals surface area contributed by atoms with Crippen LogP contribution in [0, 0.1) is 39.9 Å². The molecular formula is C8F4Fe2O6S2-2. The molecule has 0 rings (SSSR count). The van der Waals surface area contributed by atoms with Crippen molar-refractivity contribution in [3.05, 3.63) is 39.9 Å². The van der Waals surface area contributed by atoms with Crippen LogP contribution in [0.3, 0.4) is 0 Å². The van der Waals surface area contributed by atoms with Gasteiger partial charge in [0.05, 0.1) is 0 Å². The molecule has 126 valence electrons. The number of hydrogen-bond acceptors (Lipinski definition) is 2. The van der Waals surface area contributed by atoms with Crippen molar-refractivity contribution in [2.75, 3.05) is 0 Å². The van der Waals surface area contributed by atoms with Gasteiger partial charge in [0.2, 0.25) is 0 Å². The van der Waals surface area contributed by atoms with Crippen molar-refractivity contribution >= 4 is 25.3 Å². The molecule has 0 spiro atoms. The molecule has 0 aliphatic heterocycles. The molecule has 0 saturated heterocycles. The van der Waals surface area contributed by atoms with Crippen LogP contribution in [0.15, 0.2) is 0 Å². The zero-order valence-electron chi connectivity index (χ0n) is 9.48. The van der Waals surface area contributed by atoms with Crippen LogP contribution in [0.1, 0.15) is 0 Å². The zero-order valence-corrected chi connectivity index (χ0v) is 13.3. The zero-order chi connectivity index (χ0) is 19.0. The van der Waals surface area contributed by atoms with E-state index in [0.717, 1.165) is 0 Å². The molecule has 0 heterocycles. The minimum absolute atomic E-state index is 0. The summed E-state index contributed by atoms with van der Waals surface area (Å²) in [6.07, 6.45) is 0. The molecule has 0 unspecified atom stereocenters. The average molecular weight is 444 g/mol. The van der Waals surface area contributed by atoms with Gasteiger partial charge in [0, 0.05) is 34.1 Å². The third-order valence-corrected chi connectivity index (χ3v) is 0.981. The van der Waals surface area contributed by atoms with E-state index in [1.807, 2.05) is 0 Å². The van der Waals surface area contributed by atoms with Gasteiger partial charge in [-0.25, -0.2) is 17.6 Å². The first-order valence-corrected chi connectivity index (χ1v) is 3.46. The van der Waals surface area contributed by atoms with Gasteiger partial charge in [-0.05, 0) is 0 Å². The normalized spacial score (nSPS) is 5.73. The molecular weight excluding hydrogens is 444 g/mol. The summed E-state index contributed by atoms with van der Waals surface area (Å²) in [6.45, 7) is 27.0. The van der Waals surface area contributed by atoms with Crippen LogP contribution in [0.4, 0.5) is 17.6 Å². The molecule has 0 bridgehead atoms. The number of alkyl halides is 4. The van der Waals surface area contributed by atoms with Crippen LogP contribution in [-0.2, 0) is 87.3 Å². The quantitative estimate of drug-likeness (QED) is 0.198. The fourth-order valence-electron chi connectivity index (χ4n) is 0. The number of rotatable bonds is 1. The van der Waals surface area contributed by atoms with E-state index in [-0.39, 0.29) is 34.1 Å². The van der Waals surface area contributed by atoms with E-state index < -0.39 is 10.5 Å². The van der Waals surface area contributed by atoms with Gasteiger partial charge in [-0.2, -0.15) is 0 Å². The van der Waals surface area contributed by atoms with Crippen molar-refractivity contribution < 1.29 is 79.6 Å². The summed E-state index contributed by atoms with van der Waals surface area (Å²) in [7, 11) is 0. The van der Waals surface area contributed by atoms with E-state index in [4.69, 9.17) is 27.9 Å². The van der Waals surface area contributed by atoms with E-state index in [1.165, 1.54) is 0 Å². The molecule has 0 N–H and O–H groups in total. The Bertz CT molecular complexity index is 235. The molecule has 0 aromatic carbocycles. The summed E-state index contributed by atoms with van der Waals surface area (Å²) in [5.74, 6) is 0. The van der Waals surface area contributed by atoms with Gasteiger partial charge >= 0.3 is 67.8 Å². The van der Waals surface area contributed by atoms with Gasteiger partial charge in [0.25, 0.3) is 0 Å². The maximum atomic E-state index is 11.2. The topological polar surface area (TPSA) is 119 Å². The molecule has 0 amide bonds. The summed E-state index contributed by atoms with van der Waals surface area (Å²) in [4.78, 5) is 0. The molecule has 14 heteroatoms.